The van der Waals surface area contributed by atoms with Crippen molar-refractivity contribution in [3.8, 4) is 0 Å². The van der Waals surface area contributed by atoms with Crippen LogP contribution in [0.3, 0.4) is 0 Å². The summed E-state index contributed by atoms with van der Waals surface area (Å²) in [5.41, 5.74) is 2.79. The van der Waals surface area contributed by atoms with Crippen molar-refractivity contribution in [2.45, 2.75) is 6.42 Å². The zero-order chi connectivity index (χ0) is 7.23. The van der Waals surface area contributed by atoms with Crippen LogP contribution in [-0.2, 0) is 11.3 Å². The fourth-order valence-electron chi connectivity index (χ4n) is 0.731. The van der Waals surface area contributed by atoms with Gasteiger partial charge < -0.3 is 4.84 Å². The summed E-state index contributed by atoms with van der Waals surface area (Å²) in [6.45, 7) is 0.886. The first-order chi connectivity index (χ1) is 4.93. The predicted molar refractivity (Wildman–Crippen MR) is 43.0 cm³/mol. The normalized spacial score (nSPS) is 10.1. The molecule has 0 amide bonds. The lowest BCUT2D eigenvalue weighted by Gasteiger charge is -1.97. The van der Waals surface area contributed by atoms with Crippen molar-refractivity contribution < 1.29 is 4.84 Å². The quantitative estimate of drug-likeness (QED) is 0.527. The summed E-state index contributed by atoms with van der Waals surface area (Å²) in [5, 5.41) is 2.09. The highest BCUT2D eigenvalue weighted by atomic mass is 32.1. The van der Waals surface area contributed by atoms with Crippen LogP contribution in [0, 0.1) is 0 Å². The first-order valence-electron chi connectivity index (χ1n) is 3.21. The van der Waals surface area contributed by atoms with Gasteiger partial charge in [-0.1, -0.05) is 6.07 Å². The van der Waals surface area contributed by atoms with Crippen LogP contribution in [-0.4, -0.2) is 13.7 Å². The minimum atomic E-state index is 0.886. The molecule has 1 N–H and O–H groups in total. The van der Waals surface area contributed by atoms with Gasteiger partial charge in [0.25, 0.3) is 0 Å². The minimum absolute atomic E-state index is 0.886. The van der Waals surface area contributed by atoms with Gasteiger partial charge in [-0.25, -0.2) is 5.48 Å². The Balaban J connectivity index is 2.15. The van der Waals surface area contributed by atoms with E-state index in [4.69, 9.17) is 4.84 Å². The molecule has 0 aromatic carbocycles. The number of hydrogen-bond donors (Lipinski definition) is 1. The molecule has 1 rings (SSSR count). The van der Waals surface area contributed by atoms with Crippen LogP contribution < -0.4 is 5.48 Å². The minimum Gasteiger partial charge on any atom is -0.305 e. The largest absolute Gasteiger partial charge is 0.305 e. The molecule has 0 aliphatic rings. The molecule has 0 aliphatic heterocycles. The molecule has 0 spiro atoms. The molecule has 1 aromatic heterocycles. The molecule has 0 bridgehead atoms. The van der Waals surface area contributed by atoms with Crippen LogP contribution in [0.5, 0.6) is 0 Å². The molecule has 2 nitrogen and oxygen atoms in total. The van der Waals surface area contributed by atoms with Gasteiger partial charge in [0.05, 0.1) is 7.11 Å². The Morgan fingerprint density at radius 3 is 3.20 bits per heavy atom. The molecular formula is C7H11NOS. The van der Waals surface area contributed by atoms with E-state index in [9.17, 15) is 0 Å². The SMILES string of the molecule is CONCCc1cccs1. The van der Waals surface area contributed by atoms with Crippen molar-refractivity contribution in [2.75, 3.05) is 13.7 Å². The van der Waals surface area contributed by atoms with Crippen LogP contribution in [0.2, 0.25) is 0 Å². The molecule has 0 aliphatic carbocycles. The van der Waals surface area contributed by atoms with Crippen molar-refractivity contribution in [2.24, 2.45) is 0 Å². The summed E-state index contributed by atoms with van der Waals surface area (Å²) in [7, 11) is 1.63. The molecule has 10 heavy (non-hydrogen) atoms. The smallest absolute Gasteiger partial charge is 0.0572 e. The summed E-state index contributed by atoms with van der Waals surface area (Å²) >= 11 is 1.78. The van der Waals surface area contributed by atoms with Crippen LogP contribution in [0.15, 0.2) is 17.5 Å². The fourth-order valence-corrected chi connectivity index (χ4v) is 1.44. The molecule has 1 heterocycles. The van der Waals surface area contributed by atoms with Crippen LogP contribution in [0.4, 0.5) is 0 Å². The maximum Gasteiger partial charge on any atom is 0.0572 e. The molecule has 0 saturated carbocycles. The number of hydrogen-bond acceptors (Lipinski definition) is 3. The molecule has 0 atom stereocenters. The summed E-state index contributed by atoms with van der Waals surface area (Å²) in [5.74, 6) is 0. The lowest BCUT2D eigenvalue weighted by molar-refractivity contribution is 0.0929. The van der Waals surface area contributed by atoms with E-state index in [0.717, 1.165) is 13.0 Å². The van der Waals surface area contributed by atoms with E-state index in [-0.39, 0.29) is 0 Å². The van der Waals surface area contributed by atoms with Gasteiger partial charge in [0.1, 0.15) is 0 Å². The fraction of sp³-hybridized carbons (Fsp3) is 0.429. The van der Waals surface area contributed by atoms with Gasteiger partial charge in [-0.05, 0) is 17.9 Å². The van der Waals surface area contributed by atoms with Crippen molar-refractivity contribution in [1.29, 1.82) is 0 Å². The molecule has 1 aromatic rings. The predicted octanol–water partition coefficient (Wildman–Crippen LogP) is 1.44. The van der Waals surface area contributed by atoms with Gasteiger partial charge >= 0.3 is 0 Å². The molecule has 3 heteroatoms. The van der Waals surface area contributed by atoms with Crippen LogP contribution in [0.1, 0.15) is 4.88 Å². The van der Waals surface area contributed by atoms with E-state index >= 15 is 0 Å². The van der Waals surface area contributed by atoms with E-state index in [0.29, 0.717) is 0 Å². The van der Waals surface area contributed by atoms with E-state index < -0.39 is 0 Å². The first-order valence-corrected chi connectivity index (χ1v) is 4.09. The van der Waals surface area contributed by atoms with E-state index in [2.05, 4.69) is 23.0 Å². The van der Waals surface area contributed by atoms with Gasteiger partial charge in [0.2, 0.25) is 0 Å². The standard InChI is InChI=1S/C7H11NOS/c1-9-8-5-4-7-3-2-6-10-7/h2-3,6,8H,4-5H2,1H3. The monoisotopic (exact) mass is 157 g/mol. The van der Waals surface area contributed by atoms with Gasteiger partial charge in [-0.2, -0.15) is 0 Å². The Kier molecular flexibility index (Phi) is 3.43. The molecule has 0 radical (unpaired) electrons. The molecule has 0 unspecified atom stereocenters. The van der Waals surface area contributed by atoms with Gasteiger partial charge in [-0.3, -0.25) is 0 Å². The summed E-state index contributed by atoms with van der Waals surface area (Å²) in [6.07, 6.45) is 1.05. The Labute approximate surface area is 64.8 Å². The highest BCUT2D eigenvalue weighted by Gasteiger charge is 1.90. The Hall–Kier alpha value is -0.380. The van der Waals surface area contributed by atoms with E-state index in [1.807, 2.05) is 0 Å². The van der Waals surface area contributed by atoms with Crippen molar-refractivity contribution in [3.63, 3.8) is 0 Å². The topological polar surface area (TPSA) is 21.3 Å². The lowest BCUT2D eigenvalue weighted by Crippen LogP contribution is -2.14. The first kappa shape index (κ1) is 7.72. The number of nitrogens with one attached hydrogen (secondary N) is 1. The van der Waals surface area contributed by atoms with Crippen molar-refractivity contribution in [3.05, 3.63) is 22.4 Å². The summed E-state index contributed by atoms with van der Waals surface area (Å²) in [6, 6.07) is 4.19. The average Bonchev–Trinajstić information content (AvgIpc) is 2.41. The second-order valence-corrected chi connectivity index (χ2v) is 2.96. The van der Waals surface area contributed by atoms with E-state index in [1.165, 1.54) is 4.88 Å². The van der Waals surface area contributed by atoms with Crippen LogP contribution >= 0.6 is 11.3 Å². The maximum absolute atomic E-state index is 4.69. The summed E-state index contributed by atoms with van der Waals surface area (Å²) in [4.78, 5) is 6.09. The lowest BCUT2D eigenvalue weighted by atomic mass is 10.3. The number of rotatable bonds is 4. The Morgan fingerprint density at radius 1 is 1.70 bits per heavy atom. The highest BCUT2D eigenvalue weighted by molar-refractivity contribution is 7.09. The second kappa shape index (κ2) is 4.44. The third kappa shape index (κ3) is 2.47. The second-order valence-electron chi connectivity index (χ2n) is 1.93. The van der Waals surface area contributed by atoms with Crippen molar-refractivity contribution >= 4 is 11.3 Å². The molecule has 0 saturated heterocycles. The van der Waals surface area contributed by atoms with E-state index in [1.54, 1.807) is 18.4 Å². The van der Waals surface area contributed by atoms with Gasteiger partial charge in [-0.15, -0.1) is 11.3 Å². The Morgan fingerprint density at radius 2 is 2.60 bits per heavy atom. The molecule has 0 fully saturated rings. The van der Waals surface area contributed by atoms with Gasteiger partial charge in [0, 0.05) is 11.4 Å². The average molecular weight is 157 g/mol. The Bertz CT molecular complexity index is 162. The third-order valence-electron chi connectivity index (χ3n) is 1.20. The number of hydroxylamine groups is 1. The van der Waals surface area contributed by atoms with Gasteiger partial charge in [0.15, 0.2) is 0 Å². The zero-order valence-corrected chi connectivity index (χ0v) is 6.78. The van der Waals surface area contributed by atoms with Crippen LogP contribution in [0.25, 0.3) is 0 Å². The third-order valence-corrected chi connectivity index (χ3v) is 2.13. The molecular weight excluding hydrogens is 146 g/mol. The molecule has 56 valence electrons. The number of thiophene rings is 1. The summed E-state index contributed by atoms with van der Waals surface area (Å²) < 4.78 is 0. The zero-order valence-electron chi connectivity index (χ0n) is 5.96. The highest BCUT2D eigenvalue weighted by Crippen LogP contribution is 2.07. The maximum atomic E-state index is 4.69. The van der Waals surface area contributed by atoms with Crippen molar-refractivity contribution in [1.82, 2.24) is 5.48 Å².